The first kappa shape index (κ1) is 14.0. The van der Waals surface area contributed by atoms with Crippen LogP contribution in [0.15, 0.2) is 27.6 Å². The fourth-order valence-electron chi connectivity index (χ4n) is 2.03. The van der Waals surface area contributed by atoms with Crippen molar-refractivity contribution in [1.29, 1.82) is 0 Å². The molecule has 1 saturated heterocycles. The summed E-state index contributed by atoms with van der Waals surface area (Å²) in [5.41, 5.74) is 0.941. The number of likely N-dealkylation sites (N-methyl/N-ethyl adjacent to an activating group) is 1. The van der Waals surface area contributed by atoms with Crippen LogP contribution in [-0.4, -0.2) is 45.9 Å². The highest BCUT2D eigenvalue weighted by Crippen LogP contribution is 2.22. The highest BCUT2D eigenvalue weighted by molar-refractivity contribution is 9.10. The van der Waals surface area contributed by atoms with Crippen LogP contribution in [0.4, 0.5) is 0 Å². The van der Waals surface area contributed by atoms with Gasteiger partial charge in [-0.25, -0.2) is 8.42 Å². The van der Waals surface area contributed by atoms with Crippen molar-refractivity contribution in [2.45, 2.75) is 11.8 Å². The molecule has 1 aliphatic rings. The molecule has 0 aliphatic carbocycles. The Hall–Kier alpha value is -0.430. The van der Waals surface area contributed by atoms with Crippen LogP contribution in [0.25, 0.3) is 0 Å². The molecule has 0 unspecified atom stereocenters. The van der Waals surface area contributed by atoms with Gasteiger partial charge in [0, 0.05) is 4.47 Å². The number of hydrogen-bond acceptors (Lipinski definition) is 2. The van der Waals surface area contributed by atoms with Gasteiger partial charge in [-0.1, -0.05) is 15.9 Å². The standard InChI is InChI=1S/C12H17BrN2O2S/c1-10-9-11(3-4-12(10)13)18(16,17)15-7-5-14(2)6-8-15/h3-4,9H,5-8H2,1-2H3/p+1. The quantitative estimate of drug-likeness (QED) is 0.844. The second-order valence-electron chi connectivity index (χ2n) is 4.77. The first-order valence-corrected chi connectivity index (χ1v) is 8.22. The van der Waals surface area contributed by atoms with Gasteiger partial charge in [-0.3, -0.25) is 0 Å². The number of halogens is 1. The van der Waals surface area contributed by atoms with Gasteiger partial charge in [0.25, 0.3) is 0 Å². The van der Waals surface area contributed by atoms with Gasteiger partial charge in [0.15, 0.2) is 0 Å². The predicted molar refractivity (Wildman–Crippen MR) is 74.3 cm³/mol. The van der Waals surface area contributed by atoms with E-state index in [0.29, 0.717) is 18.0 Å². The number of rotatable bonds is 2. The van der Waals surface area contributed by atoms with Crippen molar-refractivity contribution < 1.29 is 13.3 Å². The summed E-state index contributed by atoms with van der Waals surface area (Å²) in [6, 6.07) is 5.19. The van der Waals surface area contributed by atoms with E-state index in [1.165, 1.54) is 4.90 Å². The smallest absolute Gasteiger partial charge is 0.243 e. The SMILES string of the molecule is Cc1cc(S(=O)(=O)N2CC[NH+](C)CC2)ccc1Br. The van der Waals surface area contributed by atoms with Crippen molar-refractivity contribution in [2.75, 3.05) is 33.2 Å². The molecule has 1 aromatic rings. The van der Waals surface area contributed by atoms with E-state index in [1.807, 2.05) is 6.92 Å². The van der Waals surface area contributed by atoms with Crippen molar-refractivity contribution in [3.63, 3.8) is 0 Å². The van der Waals surface area contributed by atoms with Crippen molar-refractivity contribution in [1.82, 2.24) is 4.31 Å². The molecule has 6 heteroatoms. The van der Waals surface area contributed by atoms with E-state index in [0.717, 1.165) is 23.1 Å². The largest absolute Gasteiger partial charge is 0.335 e. The Kier molecular flexibility index (Phi) is 4.11. The molecule has 0 amide bonds. The maximum atomic E-state index is 12.5. The number of aryl methyl sites for hydroxylation is 1. The molecule has 1 heterocycles. The Balaban J connectivity index is 2.27. The summed E-state index contributed by atoms with van der Waals surface area (Å²) in [5.74, 6) is 0. The maximum absolute atomic E-state index is 12.5. The van der Waals surface area contributed by atoms with Crippen LogP contribution < -0.4 is 4.90 Å². The number of nitrogens with one attached hydrogen (secondary N) is 1. The van der Waals surface area contributed by atoms with Crippen LogP contribution in [0.2, 0.25) is 0 Å². The molecule has 0 aromatic heterocycles. The molecule has 1 aliphatic heterocycles. The molecule has 0 bridgehead atoms. The Labute approximate surface area is 117 Å². The minimum atomic E-state index is -3.33. The molecule has 1 N–H and O–H groups in total. The van der Waals surface area contributed by atoms with Crippen molar-refractivity contribution in [2.24, 2.45) is 0 Å². The van der Waals surface area contributed by atoms with Gasteiger partial charge >= 0.3 is 0 Å². The lowest BCUT2D eigenvalue weighted by atomic mass is 10.2. The van der Waals surface area contributed by atoms with Crippen LogP contribution in [0.3, 0.4) is 0 Å². The number of hydrogen-bond donors (Lipinski definition) is 1. The molecule has 0 saturated carbocycles. The van der Waals surface area contributed by atoms with Gasteiger partial charge < -0.3 is 4.90 Å². The summed E-state index contributed by atoms with van der Waals surface area (Å²) in [5, 5.41) is 0. The molecular weight excluding hydrogens is 316 g/mol. The van der Waals surface area contributed by atoms with Crippen LogP contribution in [0.5, 0.6) is 0 Å². The fourth-order valence-corrected chi connectivity index (χ4v) is 3.81. The van der Waals surface area contributed by atoms with Crippen LogP contribution in [0, 0.1) is 6.92 Å². The number of quaternary nitrogens is 1. The van der Waals surface area contributed by atoms with Gasteiger partial charge in [0.1, 0.15) is 0 Å². The van der Waals surface area contributed by atoms with E-state index in [-0.39, 0.29) is 0 Å². The van der Waals surface area contributed by atoms with Crippen molar-refractivity contribution in [3.05, 3.63) is 28.2 Å². The summed E-state index contributed by atoms with van der Waals surface area (Å²) in [6.45, 7) is 4.84. The zero-order valence-electron chi connectivity index (χ0n) is 10.6. The fraction of sp³-hybridized carbons (Fsp3) is 0.500. The van der Waals surface area contributed by atoms with E-state index in [1.54, 1.807) is 22.5 Å². The third-order valence-electron chi connectivity index (χ3n) is 3.34. The van der Waals surface area contributed by atoms with Gasteiger partial charge in [-0.15, -0.1) is 0 Å². The summed E-state index contributed by atoms with van der Waals surface area (Å²) in [7, 11) is -1.23. The minimum Gasteiger partial charge on any atom is -0.335 e. The Bertz CT molecular complexity index is 537. The average molecular weight is 334 g/mol. The van der Waals surface area contributed by atoms with Crippen LogP contribution in [0.1, 0.15) is 5.56 Å². The van der Waals surface area contributed by atoms with E-state index in [2.05, 4.69) is 23.0 Å². The first-order valence-electron chi connectivity index (χ1n) is 5.99. The predicted octanol–water partition coefficient (Wildman–Crippen LogP) is 0.277. The van der Waals surface area contributed by atoms with Crippen LogP contribution >= 0.6 is 15.9 Å². The lowest BCUT2D eigenvalue weighted by molar-refractivity contribution is -0.883. The van der Waals surface area contributed by atoms with E-state index < -0.39 is 10.0 Å². The second kappa shape index (κ2) is 5.28. The second-order valence-corrected chi connectivity index (χ2v) is 7.56. The number of benzene rings is 1. The summed E-state index contributed by atoms with van der Waals surface area (Å²) in [4.78, 5) is 1.77. The lowest BCUT2D eigenvalue weighted by Gasteiger charge is -2.29. The summed E-state index contributed by atoms with van der Waals surface area (Å²) < 4.78 is 27.4. The zero-order chi connectivity index (χ0) is 13.3. The monoisotopic (exact) mass is 333 g/mol. The Morgan fingerprint density at radius 2 is 1.89 bits per heavy atom. The third-order valence-corrected chi connectivity index (χ3v) is 6.13. The minimum absolute atomic E-state index is 0.391. The molecule has 100 valence electrons. The molecule has 18 heavy (non-hydrogen) atoms. The summed E-state index contributed by atoms with van der Waals surface area (Å²) in [6.07, 6.45) is 0. The van der Waals surface area contributed by atoms with E-state index in [9.17, 15) is 8.42 Å². The van der Waals surface area contributed by atoms with E-state index >= 15 is 0 Å². The van der Waals surface area contributed by atoms with Gasteiger partial charge in [0.05, 0.1) is 38.1 Å². The molecule has 1 fully saturated rings. The van der Waals surface area contributed by atoms with E-state index in [4.69, 9.17) is 0 Å². The number of sulfonamides is 1. The summed E-state index contributed by atoms with van der Waals surface area (Å²) >= 11 is 3.39. The molecule has 0 radical (unpaired) electrons. The number of piperazine rings is 1. The first-order chi connectivity index (χ1) is 8.41. The number of nitrogens with zero attached hydrogens (tertiary/aromatic N) is 1. The van der Waals surface area contributed by atoms with Crippen LogP contribution in [-0.2, 0) is 10.0 Å². The molecule has 2 rings (SSSR count). The van der Waals surface area contributed by atoms with Crippen molar-refractivity contribution in [3.8, 4) is 0 Å². The molecule has 4 nitrogen and oxygen atoms in total. The lowest BCUT2D eigenvalue weighted by Crippen LogP contribution is -3.12. The van der Waals surface area contributed by atoms with Crippen molar-refractivity contribution >= 4 is 26.0 Å². The topological polar surface area (TPSA) is 41.8 Å². The average Bonchev–Trinajstić information content (AvgIpc) is 2.33. The van der Waals surface area contributed by atoms with Gasteiger partial charge in [-0.05, 0) is 30.7 Å². The molecular formula is C12H18BrN2O2S+. The highest BCUT2D eigenvalue weighted by Gasteiger charge is 2.29. The zero-order valence-corrected chi connectivity index (χ0v) is 13.0. The molecule has 0 spiro atoms. The highest BCUT2D eigenvalue weighted by atomic mass is 79.9. The molecule has 0 atom stereocenters. The third kappa shape index (κ3) is 2.77. The molecule has 1 aromatic carbocycles. The Morgan fingerprint density at radius 3 is 2.44 bits per heavy atom. The normalized spacial score (nSPS) is 19.1. The van der Waals surface area contributed by atoms with Gasteiger partial charge in [-0.2, -0.15) is 4.31 Å². The van der Waals surface area contributed by atoms with Gasteiger partial charge in [0.2, 0.25) is 10.0 Å². The maximum Gasteiger partial charge on any atom is 0.243 e. The Morgan fingerprint density at radius 1 is 1.28 bits per heavy atom.